The van der Waals surface area contributed by atoms with Gasteiger partial charge in [0.05, 0.1) is 116 Å². The molecule has 9 rings (SSSR count). The fourth-order valence-electron chi connectivity index (χ4n) is 16.9. The molecule has 2 aliphatic carbocycles. The molecule has 0 aromatic carbocycles. The van der Waals surface area contributed by atoms with E-state index in [1.54, 1.807) is 17.7 Å². The van der Waals surface area contributed by atoms with Crippen LogP contribution >= 0.6 is 0 Å². The predicted molar refractivity (Wildman–Crippen MR) is 467 cm³/mol. The van der Waals surface area contributed by atoms with Gasteiger partial charge in [0.2, 0.25) is 23.6 Å². The predicted octanol–water partition coefficient (Wildman–Crippen LogP) is -10.6. The van der Waals surface area contributed by atoms with Gasteiger partial charge < -0.3 is 210 Å². The van der Waals surface area contributed by atoms with Gasteiger partial charge in [-0.2, -0.15) is 0 Å². The lowest BCUT2D eigenvalue weighted by molar-refractivity contribution is -0.359. The minimum absolute atomic E-state index is 0.0272. The number of rotatable bonds is 61. The smallest absolute Gasteiger partial charge is 0.407 e. The van der Waals surface area contributed by atoms with Gasteiger partial charge in [0, 0.05) is 96.7 Å². The number of hydrogen-bond donors (Lipinski definition) is 27. The van der Waals surface area contributed by atoms with Crippen LogP contribution in [0.15, 0.2) is 18.9 Å². The molecule has 3 aromatic heterocycles. The highest BCUT2D eigenvalue weighted by molar-refractivity contribution is 5.81. The molecule has 0 bridgehead atoms. The minimum atomic E-state index is -1.84. The molecule has 0 radical (unpaired) electrons. The van der Waals surface area contributed by atoms with Crippen LogP contribution in [0.3, 0.4) is 0 Å². The van der Waals surface area contributed by atoms with Crippen LogP contribution in [0.25, 0.3) is 11.2 Å². The number of nitrogen functional groups attached to an aromatic ring is 1. The summed E-state index contributed by atoms with van der Waals surface area (Å²) in [6.07, 6.45) is -33.6. The molecule has 4 aliphatic heterocycles. The first-order chi connectivity index (χ1) is 66.3. The molecular weight excluding hydrogens is 1840 g/mol. The van der Waals surface area contributed by atoms with Gasteiger partial charge in [-0.25, -0.2) is 19.7 Å². The lowest BCUT2D eigenvalue weighted by atomic mass is 9.81. The van der Waals surface area contributed by atoms with Crippen LogP contribution in [0.4, 0.5) is 10.6 Å². The summed E-state index contributed by atoms with van der Waals surface area (Å²) in [5.41, 5.74) is 5.61. The third-order valence-corrected chi connectivity index (χ3v) is 24.9. The van der Waals surface area contributed by atoms with Crippen molar-refractivity contribution < 1.29 is 198 Å². The summed E-state index contributed by atoms with van der Waals surface area (Å²) < 4.78 is 84.0. The number of ether oxygens (including phenoxy) is 14. The molecule has 2 saturated carbocycles. The van der Waals surface area contributed by atoms with Crippen LogP contribution in [0.2, 0.25) is 0 Å². The first-order valence-electron chi connectivity index (χ1n) is 47.2. The minimum Gasteiger partial charge on any atom is -0.445 e. The van der Waals surface area contributed by atoms with E-state index in [0.29, 0.717) is 93.9 Å². The number of aryl methyl sites for hydroxylation is 1. The summed E-state index contributed by atoms with van der Waals surface area (Å²) in [5.74, 6) is -3.14. The number of hydrogen-bond acceptors (Lipinski definition) is 46. The Kier molecular flexibility index (Phi) is 49.0. The van der Waals surface area contributed by atoms with Crippen LogP contribution < -0.4 is 32.3 Å². The standard InChI is InChI=1S/C85H145N13O40/c1-45(32-97-44-93-59-78(86)91-43-92-79(59)97)131-84(124)90-31-48-33-98(96-95-48)22-14-15-58(108)94-85(40-125-26-16-55(105)87-19-8-2-5-11-23-128-49-30-47(35-100)75(68(117)61(49)110)137-82-71(120)66(115)63(112)51(36-101)133-82,41-126-27-17-56(106)88-20-9-3-6-12-24-129-80-73(122)69(118)76(53(38-103)135-80)132-50-29-46(34-99)60(109)65(114)62(50)111)42-127-28-18-57(107)89-21-10-4-7-13-25-130-81-74(123)70(119)77(54(39-104)136-81)138-83-72(121)67(116)64(113)52(37-102)134-83/h33,43-47,49-54,60-77,80-83,99-104,109-123H,2-32,34-42H2,1H3,(H,87,105)(H,88,106)(H,89,107)(H,90,124)(H,94,108)(H2,86,91,92)/t45-,46?,47?,49-,50-,51?,52?,53?,54?,60+,61?,62?,63+,64+,65+,66+,67?,68-,69-,70?,71?,72+,73?,74+,75-,76-,77-,80-,81-,82+,83+,85?/m1/s1. The van der Waals surface area contributed by atoms with Crippen molar-refractivity contribution in [2.45, 2.75) is 332 Å². The molecule has 53 nitrogen and oxygen atoms in total. The monoisotopic (exact) mass is 1990 g/mol. The van der Waals surface area contributed by atoms with Gasteiger partial charge in [0.1, 0.15) is 151 Å². The molecule has 32 atom stereocenters. The molecule has 790 valence electrons. The topological polar surface area (TPSA) is 800 Å². The van der Waals surface area contributed by atoms with Gasteiger partial charge >= 0.3 is 6.09 Å². The van der Waals surface area contributed by atoms with E-state index in [1.165, 1.54) is 17.3 Å². The molecule has 138 heavy (non-hydrogen) atoms. The zero-order chi connectivity index (χ0) is 100. The largest absolute Gasteiger partial charge is 0.445 e. The van der Waals surface area contributed by atoms with E-state index in [2.05, 4.69) is 51.8 Å². The Morgan fingerprint density at radius 1 is 0.442 bits per heavy atom. The third-order valence-electron chi connectivity index (χ3n) is 24.9. The Morgan fingerprint density at radius 3 is 1.38 bits per heavy atom. The Balaban J connectivity index is 0.752. The van der Waals surface area contributed by atoms with Gasteiger partial charge in [-0.3, -0.25) is 23.9 Å². The number of carbonyl (C=O) groups excluding carboxylic acids is 5. The maximum absolute atomic E-state index is 14.3. The van der Waals surface area contributed by atoms with E-state index in [1.807, 2.05) is 0 Å². The summed E-state index contributed by atoms with van der Waals surface area (Å²) in [5, 5.41) is 241. The van der Waals surface area contributed by atoms with Gasteiger partial charge in [-0.1, -0.05) is 43.7 Å². The first kappa shape index (κ1) is 115. The van der Waals surface area contributed by atoms with Crippen molar-refractivity contribution in [1.29, 1.82) is 0 Å². The number of nitrogens with two attached hydrogens (primary N) is 1. The number of imidazole rings is 1. The van der Waals surface area contributed by atoms with Crippen LogP contribution in [0, 0.1) is 11.8 Å². The quantitative estimate of drug-likeness (QED) is 0.0233. The fraction of sp³-hybridized carbons (Fsp3) is 0.859. The number of amides is 5. The highest BCUT2D eigenvalue weighted by atomic mass is 16.8. The number of alkyl carbamates (subject to hydrolysis) is 1. The SMILES string of the molecule is C[C@H](Cn1cnc2c(N)ncnc21)OC(=O)NCc1cn(CCCC(=O)NC(COCCC(=O)NCCCCCCO[C@@H]2OC(CO)[C@@H](O[C@@H]3CC(CO)[C@H](O)[C@H](O)C3O)[C@H](O)C2O)(COCCC(=O)NCCCCCCO[C@@H]2OC(CO)[C@@H](O[C@@H]3OC(CO)[C@H](O)C(O)[C@@H]3O)C(O)[C@@H]2O)COCCC(=O)NCCCCCCO[C@@H]2CC(CO)[C@@H](O[C@@H]3OC(CO)[C@H](O)[C@H](O)C3O)[C@H](O)C2O)nn1. The molecule has 4 saturated heterocycles. The highest BCUT2D eigenvalue weighted by Gasteiger charge is 2.55. The summed E-state index contributed by atoms with van der Waals surface area (Å²) in [4.78, 5) is 79.5. The second-order valence-corrected chi connectivity index (χ2v) is 35.6. The van der Waals surface area contributed by atoms with E-state index < -0.39 is 247 Å². The molecule has 3 aromatic rings. The van der Waals surface area contributed by atoms with Crippen molar-refractivity contribution >= 4 is 46.7 Å². The van der Waals surface area contributed by atoms with E-state index >= 15 is 0 Å². The zero-order valence-corrected chi connectivity index (χ0v) is 77.3. The zero-order valence-electron chi connectivity index (χ0n) is 77.3. The number of fused-ring (bicyclic) bond motifs is 1. The maximum Gasteiger partial charge on any atom is 0.407 e. The Hall–Kier alpha value is -6.72. The molecule has 0 spiro atoms. The summed E-state index contributed by atoms with van der Waals surface area (Å²) in [6, 6.07) is 0. The second-order valence-electron chi connectivity index (χ2n) is 35.6. The average molecular weight is 1990 g/mol. The molecule has 28 N–H and O–H groups in total. The normalized spacial score (nSPS) is 32.5. The van der Waals surface area contributed by atoms with Crippen LogP contribution in [-0.4, -0.2) is 474 Å². The number of anilines is 1. The Morgan fingerprint density at radius 2 is 0.884 bits per heavy atom. The molecule has 6 aliphatic rings. The fourth-order valence-corrected chi connectivity index (χ4v) is 16.9. The van der Waals surface area contributed by atoms with E-state index in [0.717, 1.165) is 0 Å². The number of carbonyl (C=O) groups is 5. The van der Waals surface area contributed by atoms with Gasteiger partial charge in [0.25, 0.3) is 0 Å². The first-order valence-corrected chi connectivity index (χ1v) is 47.2. The summed E-state index contributed by atoms with van der Waals surface area (Å²) in [6.45, 7) is -2.43. The molecule has 13 unspecified atom stereocenters. The van der Waals surface area contributed by atoms with E-state index in [4.69, 9.17) is 72.0 Å². The molecule has 5 amide bonds. The number of aromatic nitrogens is 7. The van der Waals surface area contributed by atoms with Crippen LogP contribution in [0.5, 0.6) is 0 Å². The van der Waals surface area contributed by atoms with Crippen LogP contribution in [-0.2, 0) is 105 Å². The Bertz CT molecular complexity index is 3750. The number of aliphatic hydroxyl groups excluding tert-OH is 21. The van der Waals surface area contributed by atoms with Gasteiger partial charge in [0.15, 0.2) is 36.6 Å². The van der Waals surface area contributed by atoms with Crippen LogP contribution in [0.1, 0.15) is 135 Å². The second kappa shape index (κ2) is 58.9. The van der Waals surface area contributed by atoms with E-state index in [9.17, 15) is 131 Å². The van der Waals surface area contributed by atoms with Crippen molar-refractivity contribution in [3.05, 3.63) is 24.5 Å². The number of nitrogens with one attached hydrogen (secondary N) is 5. The number of nitrogens with zero attached hydrogens (tertiary/aromatic N) is 7. The molecular formula is C85H145N13O40. The van der Waals surface area contributed by atoms with Crippen molar-refractivity contribution in [3.8, 4) is 0 Å². The highest BCUT2D eigenvalue weighted by Crippen LogP contribution is 2.37. The molecule has 53 heteroatoms. The summed E-state index contributed by atoms with van der Waals surface area (Å²) >= 11 is 0. The van der Waals surface area contributed by atoms with Crippen molar-refractivity contribution in [2.75, 3.05) is 124 Å². The lowest BCUT2D eigenvalue weighted by Gasteiger charge is -2.46. The molecule has 7 heterocycles. The summed E-state index contributed by atoms with van der Waals surface area (Å²) in [7, 11) is 0. The van der Waals surface area contributed by atoms with Gasteiger partial charge in [-0.15, -0.1) is 5.10 Å². The van der Waals surface area contributed by atoms with E-state index in [-0.39, 0.29) is 167 Å². The Labute approximate surface area is 795 Å². The lowest BCUT2D eigenvalue weighted by Crippen LogP contribution is -2.64. The molecule has 6 fully saturated rings. The van der Waals surface area contributed by atoms with Crippen molar-refractivity contribution in [2.24, 2.45) is 11.8 Å². The number of aliphatic hydroxyl groups is 21. The van der Waals surface area contributed by atoms with Gasteiger partial charge in [-0.05, 0) is 64.7 Å². The van der Waals surface area contributed by atoms with Crippen molar-refractivity contribution in [3.63, 3.8) is 0 Å². The average Bonchev–Trinajstić information content (AvgIpc) is 1.03. The van der Waals surface area contributed by atoms with Crippen molar-refractivity contribution in [1.82, 2.24) is 61.1 Å². The maximum atomic E-state index is 14.3. The third kappa shape index (κ3) is 34.0. The number of unbranched alkanes of at least 4 members (excludes halogenated alkanes) is 9.